The normalized spacial score (nSPS) is 27.0. The SMILES string of the molecule is ClCCCC1CCCO1. The molecule has 0 radical (unpaired) electrons. The Labute approximate surface area is 61.3 Å². The maximum absolute atomic E-state index is 5.52. The molecule has 1 rings (SSSR count). The average Bonchev–Trinajstić information content (AvgIpc) is 2.34. The lowest BCUT2D eigenvalue weighted by molar-refractivity contribution is 0.104. The van der Waals surface area contributed by atoms with Gasteiger partial charge in [-0.25, -0.2) is 0 Å². The van der Waals surface area contributed by atoms with E-state index >= 15 is 0 Å². The van der Waals surface area contributed by atoms with Crippen LogP contribution in [0.25, 0.3) is 0 Å². The third-order valence-electron chi connectivity index (χ3n) is 1.68. The summed E-state index contributed by atoms with van der Waals surface area (Å²) in [4.78, 5) is 0. The minimum Gasteiger partial charge on any atom is -0.378 e. The van der Waals surface area contributed by atoms with Crippen molar-refractivity contribution in [3.63, 3.8) is 0 Å². The summed E-state index contributed by atoms with van der Waals surface area (Å²) < 4.78 is 5.40. The molecule has 0 aromatic carbocycles. The maximum Gasteiger partial charge on any atom is 0.0576 e. The van der Waals surface area contributed by atoms with E-state index in [0.29, 0.717) is 6.10 Å². The van der Waals surface area contributed by atoms with Crippen LogP contribution in [-0.4, -0.2) is 18.6 Å². The molecule has 1 aliphatic rings. The predicted octanol–water partition coefficient (Wildman–Crippen LogP) is 2.18. The average molecular weight is 149 g/mol. The van der Waals surface area contributed by atoms with Gasteiger partial charge in [0.2, 0.25) is 0 Å². The Morgan fingerprint density at radius 2 is 2.44 bits per heavy atom. The standard InChI is InChI=1S/C7H13ClO/c8-5-1-3-7-4-2-6-9-7/h7H,1-6H2. The van der Waals surface area contributed by atoms with E-state index in [1.165, 1.54) is 12.8 Å². The van der Waals surface area contributed by atoms with Gasteiger partial charge in [-0.05, 0) is 25.7 Å². The van der Waals surface area contributed by atoms with Crippen molar-refractivity contribution in [2.75, 3.05) is 12.5 Å². The van der Waals surface area contributed by atoms with Crippen LogP contribution in [-0.2, 0) is 4.74 Å². The molecule has 0 aromatic rings. The largest absolute Gasteiger partial charge is 0.378 e. The Hall–Kier alpha value is 0.250. The molecule has 0 saturated carbocycles. The first kappa shape index (κ1) is 7.36. The van der Waals surface area contributed by atoms with Gasteiger partial charge in [-0.3, -0.25) is 0 Å². The molecule has 0 bridgehead atoms. The van der Waals surface area contributed by atoms with E-state index in [1.54, 1.807) is 0 Å². The Balaban J connectivity index is 1.98. The maximum atomic E-state index is 5.52. The topological polar surface area (TPSA) is 9.23 Å². The molecule has 0 spiro atoms. The monoisotopic (exact) mass is 148 g/mol. The zero-order valence-corrected chi connectivity index (χ0v) is 6.36. The van der Waals surface area contributed by atoms with Crippen molar-refractivity contribution in [3.8, 4) is 0 Å². The van der Waals surface area contributed by atoms with Crippen LogP contribution in [0.2, 0.25) is 0 Å². The van der Waals surface area contributed by atoms with Gasteiger partial charge in [0.1, 0.15) is 0 Å². The first-order valence-corrected chi connectivity index (χ1v) is 4.14. The van der Waals surface area contributed by atoms with Crippen LogP contribution in [0.4, 0.5) is 0 Å². The van der Waals surface area contributed by atoms with Gasteiger partial charge in [-0.1, -0.05) is 0 Å². The second kappa shape index (κ2) is 4.13. The number of rotatable bonds is 3. The summed E-state index contributed by atoms with van der Waals surface area (Å²) in [7, 11) is 0. The zero-order valence-electron chi connectivity index (χ0n) is 5.61. The minimum atomic E-state index is 0.531. The van der Waals surface area contributed by atoms with Gasteiger partial charge in [0.15, 0.2) is 0 Å². The lowest BCUT2D eigenvalue weighted by Gasteiger charge is -2.05. The summed E-state index contributed by atoms with van der Waals surface area (Å²) in [5, 5.41) is 0. The Morgan fingerprint density at radius 1 is 1.56 bits per heavy atom. The highest BCUT2D eigenvalue weighted by Crippen LogP contribution is 2.16. The van der Waals surface area contributed by atoms with Crippen LogP contribution in [0.5, 0.6) is 0 Å². The van der Waals surface area contributed by atoms with Crippen molar-refractivity contribution in [1.29, 1.82) is 0 Å². The Bertz CT molecular complexity index is 69.3. The van der Waals surface area contributed by atoms with Crippen molar-refractivity contribution in [1.82, 2.24) is 0 Å². The highest BCUT2D eigenvalue weighted by molar-refractivity contribution is 6.17. The fourth-order valence-electron chi connectivity index (χ4n) is 1.18. The van der Waals surface area contributed by atoms with Crippen molar-refractivity contribution < 1.29 is 4.74 Å². The number of hydrogen-bond donors (Lipinski definition) is 0. The van der Waals surface area contributed by atoms with E-state index in [9.17, 15) is 0 Å². The summed E-state index contributed by atoms with van der Waals surface area (Å²) in [6, 6.07) is 0. The molecule has 0 N–H and O–H groups in total. The molecule has 0 aliphatic carbocycles. The van der Waals surface area contributed by atoms with Crippen LogP contribution < -0.4 is 0 Å². The minimum absolute atomic E-state index is 0.531. The molecule has 1 unspecified atom stereocenters. The van der Waals surface area contributed by atoms with Gasteiger partial charge in [0.25, 0.3) is 0 Å². The van der Waals surface area contributed by atoms with Crippen LogP contribution in [0, 0.1) is 0 Å². The summed E-state index contributed by atoms with van der Waals surface area (Å²) >= 11 is 5.52. The lowest BCUT2D eigenvalue weighted by atomic mass is 10.1. The van der Waals surface area contributed by atoms with E-state index in [-0.39, 0.29) is 0 Å². The smallest absolute Gasteiger partial charge is 0.0576 e. The summed E-state index contributed by atoms with van der Waals surface area (Å²) in [5.74, 6) is 0.778. The Morgan fingerprint density at radius 3 is 3.00 bits per heavy atom. The molecular weight excluding hydrogens is 136 g/mol. The highest BCUT2D eigenvalue weighted by Gasteiger charge is 2.13. The molecule has 9 heavy (non-hydrogen) atoms. The Kier molecular flexibility index (Phi) is 3.37. The molecule has 54 valence electrons. The van der Waals surface area contributed by atoms with E-state index in [1.807, 2.05) is 0 Å². The van der Waals surface area contributed by atoms with Crippen molar-refractivity contribution in [3.05, 3.63) is 0 Å². The van der Waals surface area contributed by atoms with Crippen LogP contribution in [0.15, 0.2) is 0 Å². The van der Waals surface area contributed by atoms with Gasteiger partial charge in [-0.2, -0.15) is 0 Å². The molecule has 2 heteroatoms. The molecular formula is C7H13ClO. The summed E-state index contributed by atoms with van der Waals surface area (Å²) in [6.07, 6.45) is 5.28. The van der Waals surface area contributed by atoms with E-state index in [0.717, 1.165) is 25.3 Å². The highest BCUT2D eigenvalue weighted by atomic mass is 35.5. The van der Waals surface area contributed by atoms with E-state index < -0.39 is 0 Å². The third kappa shape index (κ3) is 2.55. The van der Waals surface area contributed by atoms with Gasteiger partial charge in [0.05, 0.1) is 6.10 Å². The van der Waals surface area contributed by atoms with Crippen LogP contribution >= 0.6 is 11.6 Å². The fourth-order valence-corrected chi connectivity index (χ4v) is 1.33. The molecule has 1 fully saturated rings. The van der Waals surface area contributed by atoms with Crippen LogP contribution in [0.3, 0.4) is 0 Å². The first-order valence-electron chi connectivity index (χ1n) is 3.61. The number of hydrogen-bond acceptors (Lipinski definition) is 1. The first-order chi connectivity index (χ1) is 4.43. The molecule has 1 aliphatic heterocycles. The van der Waals surface area contributed by atoms with Gasteiger partial charge in [0, 0.05) is 12.5 Å². The van der Waals surface area contributed by atoms with Crippen molar-refractivity contribution in [2.24, 2.45) is 0 Å². The second-order valence-corrected chi connectivity index (χ2v) is 2.84. The number of halogens is 1. The third-order valence-corrected chi connectivity index (χ3v) is 1.95. The van der Waals surface area contributed by atoms with Gasteiger partial charge < -0.3 is 4.74 Å². The van der Waals surface area contributed by atoms with Gasteiger partial charge >= 0.3 is 0 Å². The van der Waals surface area contributed by atoms with Crippen LogP contribution in [0.1, 0.15) is 25.7 Å². The molecule has 0 aromatic heterocycles. The van der Waals surface area contributed by atoms with E-state index in [4.69, 9.17) is 16.3 Å². The molecule has 1 heterocycles. The molecule has 0 amide bonds. The number of alkyl halides is 1. The predicted molar refractivity (Wildman–Crippen MR) is 38.9 cm³/mol. The van der Waals surface area contributed by atoms with E-state index in [2.05, 4.69) is 0 Å². The summed E-state index contributed by atoms with van der Waals surface area (Å²) in [5.41, 5.74) is 0. The second-order valence-electron chi connectivity index (χ2n) is 2.47. The van der Waals surface area contributed by atoms with Gasteiger partial charge in [-0.15, -0.1) is 11.6 Å². The quantitative estimate of drug-likeness (QED) is 0.558. The molecule has 1 nitrogen and oxygen atoms in total. The molecule has 1 atom stereocenters. The number of ether oxygens (including phenoxy) is 1. The fraction of sp³-hybridized carbons (Fsp3) is 1.00. The van der Waals surface area contributed by atoms with Crippen molar-refractivity contribution in [2.45, 2.75) is 31.8 Å². The lowest BCUT2D eigenvalue weighted by Crippen LogP contribution is -2.03. The van der Waals surface area contributed by atoms with Crippen molar-refractivity contribution >= 4 is 11.6 Å². The zero-order chi connectivity index (χ0) is 6.53. The summed E-state index contributed by atoms with van der Waals surface area (Å²) in [6.45, 7) is 0.965. The molecule has 1 saturated heterocycles.